The Kier molecular flexibility index (Phi) is 3.22. The molecule has 18 heavy (non-hydrogen) atoms. The molecule has 0 saturated carbocycles. The van der Waals surface area contributed by atoms with Crippen molar-refractivity contribution in [2.75, 3.05) is 16.8 Å². The predicted molar refractivity (Wildman–Crippen MR) is 56.6 cm³/mol. The molecule has 1 aromatic rings. The summed E-state index contributed by atoms with van der Waals surface area (Å²) in [6.45, 7) is 0. The number of nitrogen functional groups attached to an aromatic ring is 2. The van der Waals surface area contributed by atoms with Crippen molar-refractivity contribution in [3.63, 3.8) is 0 Å². The van der Waals surface area contributed by atoms with E-state index in [4.69, 9.17) is 27.3 Å². The fourth-order valence-electron chi connectivity index (χ4n) is 0.888. The molecular formula is C8H5N9O. The molecule has 1 amide bonds. The van der Waals surface area contributed by atoms with Gasteiger partial charge in [-0.25, -0.2) is 0 Å². The number of nitrogens with one attached hydrogen (secondary N) is 1. The fourth-order valence-corrected chi connectivity index (χ4v) is 0.888. The van der Waals surface area contributed by atoms with E-state index in [0.29, 0.717) is 0 Å². The third kappa shape index (κ3) is 2.21. The molecule has 0 unspecified atom stereocenters. The number of nitrogens with zero attached hydrogens (tertiary/aromatic N) is 6. The minimum Gasteiger partial charge on any atom is -0.368 e. The fraction of sp³-hybridized carbons (Fsp3) is 0.125. The molecule has 0 aliphatic rings. The molecule has 0 aromatic carbocycles. The monoisotopic (exact) mass is 243 g/mol. The number of carbonyl (C=O) groups is 1. The third-order valence-electron chi connectivity index (χ3n) is 1.74. The van der Waals surface area contributed by atoms with Crippen molar-refractivity contribution >= 4 is 23.8 Å². The van der Waals surface area contributed by atoms with Crippen LogP contribution in [0.3, 0.4) is 0 Å². The number of hydrogen-bond donors (Lipinski definition) is 3. The van der Waals surface area contributed by atoms with Gasteiger partial charge < -0.3 is 11.5 Å². The summed E-state index contributed by atoms with van der Waals surface area (Å²) in [5.41, 5.74) is 8.02. The first-order valence-corrected chi connectivity index (χ1v) is 4.29. The molecule has 0 saturated heterocycles. The second kappa shape index (κ2) is 4.60. The van der Waals surface area contributed by atoms with Gasteiger partial charge in [0, 0.05) is 0 Å². The maximum Gasteiger partial charge on any atom is 0.305 e. The summed E-state index contributed by atoms with van der Waals surface area (Å²) in [4.78, 5) is 22.1. The highest BCUT2D eigenvalue weighted by molar-refractivity contribution is 6.00. The largest absolute Gasteiger partial charge is 0.368 e. The van der Waals surface area contributed by atoms with Gasteiger partial charge in [-0.3, -0.25) is 10.1 Å². The molecule has 0 fully saturated rings. The van der Waals surface area contributed by atoms with E-state index in [1.54, 1.807) is 0 Å². The molecule has 0 atom stereocenters. The Morgan fingerprint density at radius 1 is 1.06 bits per heavy atom. The Morgan fingerprint density at radius 3 is 1.89 bits per heavy atom. The van der Waals surface area contributed by atoms with Gasteiger partial charge >= 0.3 is 5.41 Å². The van der Waals surface area contributed by atoms with Gasteiger partial charge in [0.25, 0.3) is 5.91 Å². The summed E-state index contributed by atoms with van der Waals surface area (Å²) < 4.78 is 0. The van der Waals surface area contributed by atoms with Gasteiger partial charge in [-0.2, -0.15) is 30.7 Å². The van der Waals surface area contributed by atoms with E-state index in [9.17, 15) is 4.79 Å². The van der Waals surface area contributed by atoms with Gasteiger partial charge in [-0.1, -0.05) is 0 Å². The van der Waals surface area contributed by atoms with Gasteiger partial charge in [-0.05, 0) is 0 Å². The van der Waals surface area contributed by atoms with Crippen LogP contribution in [-0.4, -0.2) is 20.9 Å². The number of rotatable bonds is 2. The molecule has 1 rings (SSSR count). The van der Waals surface area contributed by atoms with Crippen LogP contribution >= 0.6 is 0 Å². The molecule has 88 valence electrons. The van der Waals surface area contributed by atoms with E-state index < -0.39 is 11.3 Å². The van der Waals surface area contributed by atoms with E-state index >= 15 is 0 Å². The number of hydrogen-bond acceptors (Lipinski definition) is 9. The van der Waals surface area contributed by atoms with E-state index in [1.165, 1.54) is 18.2 Å². The SMILES string of the molecule is N#CC(C#N)(C#N)C(=O)Nc1nc(N)nc(N)n1. The topological polar surface area (TPSA) is 191 Å². The second-order valence-corrected chi connectivity index (χ2v) is 2.91. The lowest BCUT2D eigenvalue weighted by molar-refractivity contribution is -0.119. The van der Waals surface area contributed by atoms with E-state index in [2.05, 4.69) is 15.0 Å². The highest BCUT2D eigenvalue weighted by atomic mass is 16.2. The maximum atomic E-state index is 11.6. The normalized spacial score (nSPS) is 9.61. The maximum absolute atomic E-state index is 11.6. The number of nitrogens with two attached hydrogens (primary N) is 2. The molecule has 0 aliphatic carbocycles. The summed E-state index contributed by atoms with van der Waals surface area (Å²) >= 11 is 0. The molecule has 10 heteroatoms. The quantitative estimate of drug-likeness (QED) is 0.555. The van der Waals surface area contributed by atoms with Crippen molar-refractivity contribution in [2.24, 2.45) is 5.41 Å². The van der Waals surface area contributed by atoms with Crippen LogP contribution in [0.25, 0.3) is 0 Å². The third-order valence-corrected chi connectivity index (χ3v) is 1.74. The summed E-state index contributed by atoms with van der Waals surface area (Å²) in [6.07, 6.45) is 0. The van der Waals surface area contributed by atoms with Crippen LogP contribution in [0.2, 0.25) is 0 Å². The Labute approximate surface area is 100 Å². The van der Waals surface area contributed by atoms with Crippen LogP contribution in [0.1, 0.15) is 0 Å². The number of nitriles is 3. The molecular weight excluding hydrogens is 238 g/mol. The molecule has 0 radical (unpaired) electrons. The highest BCUT2D eigenvalue weighted by Gasteiger charge is 2.40. The van der Waals surface area contributed by atoms with Crippen molar-refractivity contribution in [2.45, 2.75) is 0 Å². The minimum atomic E-state index is -2.49. The Bertz CT molecular complexity index is 561. The van der Waals surface area contributed by atoms with Crippen LogP contribution in [0.4, 0.5) is 17.8 Å². The van der Waals surface area contributed by atoms with E-state index in [0.717, 1.165) is 0 Å². The van der Waals surface area contributed by atoms with Crippen molar-refractivity contribution in [3.8, 4) is 18.2 Å². The second-order valence-electron chi connectivity index (χ2n) is 2.91. The average Bonchev–Trinajstić information content (AvgIpc) is 2.30. The van der Waals surface area contributed by atoms with Crippen molar-refractivity contribution in [1.29, 1.82) is 15.8 Å². The zero-order chi connectivity index (χ0) is 13.8. The summed E-state index contributed by atoms with van der Waals surface area (Å²) in [5.74, 6) is -2.06. The summed E-state index contributed by atoms with van der Waals surface area (Å²) in [7, 11) is 0. The summed E-state index contributed by atoms with van der Waals surface area (Å²) in [5, 5.41) is 28.0. The van der Waals surface area contributed by atoms with E-state index in [-0.39, 0.29) is 17.8 Å². The van der Waals surface area contributed by atoms with E-state index in [1.807, 2.05) is 5.32 Å². The number of aromatic nitrogens is 3. The number of carbonyl (C=O) groups excluding carboxylic acids is 1. The van der Waals surface area contributed by atoms with Gasteiger partial charge in [-0.15, -0.1) is 0 Å². The average molecular weight is 243 g/mol. The van der Waals surface area contributed by atoms with Gasteiger partial charge in [0.2, 0.25) is 17.8 Å². The Hall–Kier alpha value is -3.45. The van der Waals surface area contributed by atoms with Crippen molar-refractivity contribution in [1.82, 2.24) is 15.0 Å². The molecule has 0 spiro atoms. The first kappa shape index (κ1) is 12.6. The lowest BCUT2D eigenvalue weighted by atomic mass is 9.93. The highest BCUT2D eigenvalue weighted by Crippen LogP contribution is 2.16. The van der Waals surface area contributed by atoms with Crippen LogP contribution in [0.15, 0.2) is 0 Å². The molecule has 0 aliphatic heterocycles. The molecule has 1 heterocycles. The molecule has 5 N–H and O–H groups in total. The first-order valence-electron chi connectivity index (χ1n) is 4.29. The first-order chi connectivity index (χ1) is 8.47. The van der Waals surface area contributed by atoms with Crippen molar-refractivity contribution < 1.29 is 4.79 Å². The van der Waals surface area contributed by atoms with Gasteiger partial charge in [0.15, 0.2) is 0 Å². The minimum absolute atomic E-state index is 0.255. The zero-order valence-electron chi connectivity index (χ0n) is 8.75. The van der Waals surface area contributed by atoms with Crippen LogP contribution in [0, 0.1) is 39.4 Å². The smallest absolute Gasteiger partial charge is 0.305 e. The Morgan fingerprint density at radius 2 is 1.50 bits per heavy atom. The van der Waals surface area contributed by atoms with Crippen molar-refractivity contribution in [3.05, 3.63) is 0 Å². The zero-order valence-corrected chi connectivity index (χ0v) is 8.75. The van der Waals surface area contributed by atoms with Gasteiger partial charge in [0.05, 0.1) is 0 Å². The van der Waals surface area contributed by atoms with Crippen LogP contribution < -0.4 is 16.8 Å². The Balaban J connectivity index is 3.07. The molecule has 0 bridgehead atoms. The predicted octanol–water partition coefficient (Wildman–Crippen LogP) is -1.47. The lowest BCUT2D eigenvalue weighted by Gasteiger charge is -2.09. The van der Waals surface area contributed by atoms with Gasteiger partial charge in [0.1, 0.15) is 18.2 Å². The van der Waals surface area contributed by atoms with Crippen LogP contribution in [-0.2, 0) is 4.79 Å². The molecule has 1 aromatic heterocycles. The number of amides is 1. The lowest BCUT2D eigenvalue weighted by Crippen LogP contribution is -2.33. The summed E-state index contributed by atoms with van der Waals surface area (Å²) in [6, 6.07) is 3.89. The molecule has 10 nitrogen and oxygen atoms in total. The number of anilines is 3. The standard InChI is InChI=1S/C8H5N9O/c9-1-8(2-10,3-11)4(18)14-7-16-5(12)15-6(13)17-7/h(H5,12,13,14,15,16,17,18). The van der Waals surface area contributed by atoms with Crippen LogP contribution in [0.5, 0.6) is 0 Å².